The second-order valence-electron chi connectivity index (χ2n) is 3.87. The van der Waals surface area contributed by atoms with Crippen LogP contribution in [0, 0.1) is 0 Å². The van der Waals surface area contributed by atoms with Crippen LogP contribution in [0.3, 0.4) is 0 Å². The van der Waals surface area contributed by atoms with E-state index in [1.54, 1.807) is 6.07 Å². The molecule has 1 aromatic heterocycles. The molecule has 0 aliphatic rings. The summed E-state index contributed by atoms with van der Waals surface area (Å²) < 4.78 is 10.4. The number of pyridine rings is 1. The zero-order chi connectivity index (χ0) is 14.4. The number of azo groups is 1. The van der Waals surface area contributed by atoms with E-state index in [1.807, 2.05) is 30.3 Å². The molecule has 2 aromatic rings. The first-order valence-corrected chi connectivity index (χ1v) is 5.98. The number of aromatic nitrogens is 1. The van der Waals surface area contributed by atoms with E-state index in [2.05, 4.69) is 15.2 Å². The first-order chi connectivity index (χ1) is 9.78. The Morgan fingerprint density at radius 1 is 1.10 bits per heavy atom. The van der Waals surface area contributed by atoms with Crippen molar-refractivity contribution in [2.24, 2.45) is 10.2 Å². The number of hydrogen-bond acceptors (Lipinski definition) is 6. The van der Waals surface area contributed by atoms with E-state index in [-0.39, 0.29) is 12.4 Å². The van der Waals surface area contributed by atoms with Crippen molar-refractivity contribution < 1.29 is 14.6 Å². The summed E-state index contributed by atoms with van der Waals surface area (Å²) in [7, 11) is 3.01. The molecule has 1 N–H and O–H groups in total. The Kier molecular flexibility index (Phi) is 4.62. The number of ether oxygens (including phenoxy) is 2. The van der Waals surface area contributed by atoms with Gasteiger partial charge < -0.3 is 14.6 Å². The quantitative estimate of drug-likeness (QED) is 0.849. The van der Waals surface area contributed by atoms with E-state index in [0.29, 0.717) is 22.9 Å². The molecular weight excluding hydrogens is 258 g/mol. The predicted molar refractivity (Wildman–Crippen MR) is 73.9 cm³/mol. The standard InChI is InChI=1S/C14H15N3O3/c1-19-12-8-11(9-18)15-14(13(12)20-2)17-16-10-6-4-3-5-7-10/h3-8,18H,9H2,1-2H3. The van der Waals surface area contributed by atoms with E-state index >= 15 is 0 Å². The van der Waals surface area contributed by atoms with Crippen LogP contribution in [0.2, 0.25) is 0 Å². The lowest BCUT2D eigenvalue weighted by Crippen LogP contribution is -1.96. The summed E-state index contributed by atoms with van der Waals surface area (Å²) in [5.74, 6) is 1.10. The highest BCUT2D eigenvalue weighted by atomic mass is 16.5. The topological polar surface area (TPSA) is 76.3 Å². The lowest BCUT2D eigenvalue weighted by molar-refractivity contribution is 0.275. The Hall–Kier alpha value is -2.47. The first-order valence-electron chi connectivity index (χ1n) is 5.98. The Labute approximate surface area is 116 Å². The van der Waals surface area contributed by atoms with Crippen LogP contribution in [0.25, 0.3) is 0 Å². The molecule has 0 saturated heterocycles. The summed E-state index contributed by atoms with van der Waals surface area (Å²) in [5.41, 5.74) is 1.13. The molecular formula is C14H15N3O3. The number of methoxy groups -OCH3 is 2. The van der Waals surface area contributed by atoms with Gasteiger partial charge in [0.2, 0.25) is 11.6 Å². The molecule has 1 heterocycles. The molecule has 0 radical (unpaired) electrons. The summed E-state index contributed by atoms with van der Waals surface area (Å²) in [6.45, 7) is -0.214. The Morgan fingerprint density at radius 2 is 1.85 bits per heavy atom. The van der Waals surface area contributed by atoms with Gasteiger partial charge in [-0.15, -0.1) is 10.2 Å². The molecule has 6 nitrogen and oxygen atoms in total. The second kappa shape index (κ2) is 6.63. The number of nitrogens with zero attached hydrogens (tertiary/aromatic N) is 3. The fraction of sp³-hybridized carbons (Fsp3) is 0.214. The maximum absolute atomic E-state index is 9.20. The molecule has 1 aromatic carbocycles. The summed E-state index contributed by atoms with van der Waals surface area (Å²) in [6.07, 6.45) is 0. The molecule has 104 valence electrons. The van der Waals surface area contributed by atoms with Gasteiger partial charge in [-0.3, -0.25) is 0 Å². The number of aliphatic hydroxyl groups excluding tert-OH is 1. The fourth-order valence-electron chi connectivity index (χ4n) is 1.64. The van der Waals surface area contributed by atoms with Gasteiger partial charge in [0, 0.05) is 6.07 Å². The van der Waals surface area contributed by atoms with Gasteiger partial charge in [0.1, 0.15) is 0 Å². The van der Waals surface area contributed by atoms with Crippen molar-refractivity contribution in [2.75, 3.05) is 14.2 Å². The first kappa shape index (κ1) is 14.0. The number of hydrogen-bond donors (Lipinski definition) is 1. The molecule has 6 heteroatoms. The Balaban J connectivity index is 2.41. The molecule has 0 bridgehead atoms. The minimum absolute atomic E-state index is 0.214. The van der Waals surface area contributed by atoms with Crippen LogP contribution in [-0.4, -0.2) is 24.3 Å². The predicted octanol–water partition coefficient (Wildman–Crippen LogP) is 3.01. The molecule has 0 saturated carbocycles. The van der Waals surface area contributed by atoms with Crippen molar-refractivity contribution >= 4 is 11.5 Å². The van der Waals surface area contributed by atoms with E-state index in [1.165, 1.54) is 14.2 Å². The van der Waals surface area contributed by atoms with Gasteiger partial charge in [0.25, 0.3) is 0 Å². The highest BCUT2D eigenvalue weighted by molar-refractivity contribution is 5.55. The average molecular weight is 273 g/mol. The monoisotopic (exact) mass is 273 g/mol. The average Bonchev–Trinajstić information content (AvgIpc) is 2.52. The molecule has 0 aliphatic heterocycles. The SMILES string of the molecule is COc1cc(CO)nc(N=Nc2ccccc2)c1OC. The third kappa shape index (κ3) is 3.10. The van der Waals surface area contributed by atoms with Gasteiger partial charge in [0.15, 0.2) is 5.75 Å². The molecule has 0 unspecified atom stereocenters. The summed E-state index contributed by atoms with van der Waals surface area (Å²) in [4.78, 5) is 4.17. The van der Waals surface area contributed by atoms with Crippen LogP contribution in [0.15, 0.2) is 46.6 Å². The zero-order valence-electron chi connectivity index (χ0n) is 11.3. The number of rotatable bonds is 5. The molecule has 0 spiro atoms. The van der Waals surface area contributed by atoms with Crippen LogP contribution < -0.4 is 9.47 Å². The van der Waals surface area contributed by atoms with Crippen LogP contribution >= 0.6 is 0 Å². The Bertz CT molecular complexity index is 600. The van der Waals surface area contributed by atoms with Crippen molar-refractivity contribution in [3.8, 4) is 11.5 Å². The van der Waals surface area contributed by atoms with Gasteiger partial charge in [0.05, 0.1) is 32.2 Å². The van der Waals surface area contributed by atoms with Gasteiger partial charge >= 0.3 is 0 Å². The maximum Gasteiger partial charge on any atom is 0.221 e. The smallest absolute Gasteiger partial charge is 0.221 e. The minimum atomic E-state index is -0.214. The van der Waals surface area contributed by atoms with E-state index in [9.17, 15) is 5.11 Å². The molecule has 0 fully saturated rings. The normalized spacial score (nSPS) is 10.8. The van der Waals surface area contributed by atoms with Crippen molar-refractivity contribution in [3.05, 3.63) is 42.1 Å². The van der Waals surface area contributed by atoms with E-state index < -0.39 is 0 Å². The number of benzene rings is 1. The van der Waals surface area contributed by atoms with Crippen molar-refractivity contribution in [3.63, 3.8) is 0 Å². The van der Waals surface area contributed by atoms with Gasteiger partial charge in [-0.25, -0.2) is 4.98 Å². The summed E-state index contributed by atoms with van der Waals surface area (Å²) in [5, 5.41) is 17.3. The highest BCUT2D eigenvalue weighted by Gasteiger charge is 2.13. The zero-order valence-corrected chi connectivity index (χ0v) is 11.3. The van der Waals surface area contributed by atoms with Crippen LogP contribution in [-0.2, 0) is 6.61 Å². The summed E-state index contributed by atoms with van der Waals surface area (Å²) >= 11 is 0. The van der Waals surface area contributed by atoms with Crippen molar-refractivity contribution in [1.82, 2.24) is 4.98 Å². The minimum Gasteiger partial charge on any atom is -0.493 e. The van der Waals surface area contributed by atoms with E-state index in [0.717, 1.165) is 0 Å². The van der Waals surface area contributed by atoms with Gasteiger partial charge in [-0.1, -0.05) is 18.2 Å². The lowest BCUT2D eigenvalue weighted by atomic mass is 10.3. The van der Waals surface area contributed by atoms with E-state index in [4.69, 9.17) is 9.47 Å². The fourth-order valence-corrected chi connectivity index (χ4v) is 1.64. The largest absolute Gasteiger partial charge is 0.493 e. The Morgan fingerprint density at radius 3 is 2.45 bits per heavy atom. The van der Waals surface area contributed by atoms with Crippen molar-refractivity contribution in [2.45, 2.75) is 6.61 Å². The van der Waals surface area contributed by atoms with Crippen molar-refractivity contribution in [1.29, 1.82) is 0 Å². The van der Waals surface area contributed by atoms with Crippen LogP contribution in [0.5, 0.6) is 11.5 Å². The molecule has 0 atom stereocenters. The lowest BCUT2D eigenvalue weighted by Gasteiger charge is -2.10. The van der Waals surface area contributed by atoms with Gasteiger partial charge in [-0.05, 0) is 12.1 Å². The van der Waals surface area contributed by atoms with Crippen LogP contribution in [0.4, 0.5) is 11.5 Å². The van der Waals surface area contributed by atoms with Gasteiger partial charge in [-0.2, -0.15) is 0 Å². The molecule has 0 amide bonds. The molecule has 20 heavy (non-hydrogen) atoms. The third-order valence-corrected chi connectivity index (χ3v) is 2.58. The molecule has 0 aliphatic carbocycles. The maximum atomic E-state index is 9.20. The molecule has 2 rings (SSSR count). The third-order valence-electron chi connectivity index (χ3n) is 2.58. The number of aliphatic hydroxyl groups is 1. The highest BCUT2D eigenvalue weighted by Crippen LogP contribution is 2.36. The summed E-state index contributed by atoms with van der Waals surface area (Å²) in [6, 6.07) is 10.9. The second-order valence-corrected chi connectivity index (χ2v) is 3.87. The van der Waals surface area contributed by atoms with Crippen LogP contribution in [0.1, 0.15) is 5.69 Å².